The van der Waals surface area contributed by atoms with Crippen LogP contribution in [-0.2, 0) is 52.5 Å². The van der Waals surface area contributed by atoms with Crippen molar-refractivity contribution in [2.24, 2.45) is 5.92 Å². The molecule has 0 radical (unpaired) electrons. The zero-order valence-electron chi connectivity index (χ0n) is 35.0. The van der Waals surface area contributed by atoms with Crippen LogP contribution in [-0.4, -0.2) is 87.2 Å². The van der Waals surface area contributed by atoms with Gasteiger partial charge in [0.1, 0.15) is 11.7 Å². The van der Waals surface area contributed by atoms with E-state index >= 15 is 0 Å². The second kappa shape index (κ2) is 19.5. The summed E-state index contributed by atoms with van der Waals surface area (Å²) < 4.78 is 29.7. The quantitative estimate of drug-likeness (QED) is 0.0449. The van der Waals surface area contributed by atoms with Crippen LogP contribution < -0.4 is 11.1 Å². The molecule has 8 atom stereocenters. The van der Waals surface area contributed by atoms with E-state index in [0.29, 0.717) is 43.5 Å². The number of unbranched alkanes of at least 4 members (excludes halogenated alkanes) is 6. The van der Waals surface area contributed by atoms with Gasteiger partial charge in [0, 0.05) is 50.4 Å². The maximum Gasteiger partial charge on any atom is 0.341 e. The molecule has 0 spiro atoms. The van der Waals surface area contributed by atoms with Crippen molar-refractivity contribution in [1.29, 1.82) is 0 Å². The molecule has 58 heavy (non-hydrogen) atoms. The van der Waals surface area contributed by atoms with Crippen molar-refractivity contribution in [2.75, 3.05) is 11.1 Å². The van der Waals surface area contributed by atoms with Gasteiger partial charge in [-0.3, -0.25) is 24.0 Å². The number of carbonyl (C=O) groups is 6. The second-order valence-corrected chi connectivity index (χ2v) is 16.4. The number of nitrogens with two attached hydrogens (primary N) is 1. The normalized spacial score (nSPS) is 28.8. The van der Waals surface area contributed by atoms with Crippen LogP contribution in [0.25, 0.3) is 0 Å². The summed E-state index contributed by atoms with van der Waals surface area (Å²) in [6, 6.07) is 5.26. The van der Waals surface area contributed by atoms with Crippen LogP contribution in [0.5, 0.6) is 0 Å². The van der Waals surface area contributed by atoms with Gasteiger partial charge in [0.2, 0.25) is 5.91 Å². The Hall–Kier alpha value is -4.50. The van der Waals surface area contributed by atoms with E-state index in [1.54, 1.807) is 26.0 Å². The number of benzene rings is 1. The molecule has 15 nitrogen and oxygen atoms in total. The minimum atomic E-state index is -2.61. The van der Waals surface area contributed by atoms with Crippen LogP contribution in [0.4, 0.5) is 11.4 Å². The zero-order chi connectivity index (χ0) is 43.0. The molecule has 0 unspecified atom stereocenters. The highest BCUT2D eigenvalue weighted by molar-refractivity contribution is 5.92. The summed E-state index contributed by atoms with van der Waals surface area (Å²) in [4.78, 5) is 78.9. The van der Waals surface area contributed by atoms with Crippen molar-refractivity contribution < 1.29 is 62.7 Å². The topological polar surface area (TPSA) is 227 Å². The molecular formula is C43H62N2O13. The monoisotopic (exact) mass is 814 g/mol. The number of amides is 1. The molecule has 1 amide bonds. The molecule has 0 bridgehead atoms. The van der Waals surface area contributed by atoms with E-state index in [0.717, 1.165) is 38.2 Å². The fourth-order valence-electron chi connectivity index (χ4n) is 8.49. The molecule has 15 heteroatoms. The van der Waals surface area contributed by atoms with E-state index < -0.39 is 83.4 Å². The number of anilines is 2. The van der Waals surface area contributed by atoms with Crippen LogP contribution in [0.2, 0.25) is 0 Å². The minimum absolute atomic E-state index is 0.0454. The van der Waals surface area contributed by atoms with Crippen molar-refractivity contribution in [3.05, 3.63) is 34.9 Å². The second-order valence-electron chi connectivity index (χ2n) is 16.4. The van der Waals surface area contributed by atoms with E-state index in [1.165, 1.54) is 13.8 Å². The van der Waals surface area contributed by atoms with Crippen LogP contribution >= 0.6 is 0 Å². The van der Waals surface area contributed by atoms with Gasteiger partial charge < -0.3 is 44.9 Å². The SMILES string of the molecule is CCCCCCCC(=O)O[C@H]1[C@H](OC(=O)CCCCCC(=O)Nc2cc(N)ccc2C)C(C)=C2[C@H]3OC(=O)[C@](C)(O)[C@]3(O)[C@H](OC(=O)CCC)C[C@@](C)(OC(C)=O)[C@@H]21. The summed E-state index contributed by atoms with van der Waals surface area (Å²) in [7, 11) is 0. The number of nitrogen functional groups attached to an aromatic ring is 1. The summed E-state index contributed by atoms with van der Waals surface area (Å²) in [6.07, 6.45) is -0.135. The molecule has 2 fully saturated rings. The molecule has 3 aliphatic rings. The lowest BCUT2D eigenvalue weighted by Crippen LogP contribution is -2.64. The number of hydrogen-bond acceptors (Lipinski definition) is 14. The average molecular weight is 815 g/mol. The predicted octanol–water partition coefficient (Wildman–Crippen LogP) is 5.44. The van der Waals surface area contributed by atoms with E-state index in [1.807, 2.05) is 13.0 Å². The molecule has 4 rings (SSSR count). The van der Waals surface area contributed by atoms with Gasteiger partial charge in [-0.15, -0.1) is 0 Å². The first kappa shape index (κ1) is 46.2. The average Bonchev–Trinajstić information content (AvgIpc) is 3.47. The third-order valence-corrected chi connectivity index (χ3v) is 11.6. The number of fused-ring (bicyclic) bond motifs is 3. The lowest BCUT2D eigenvalue weighted by atomic mass is 9.75. The molecule has 1 saturated heterocycles. The highest BCUT2D eigenvalue weighted by Gasteiger charge is 2.76. The molecule has 1 aromatic carbocycles. The Morgan fingerprint density at radius 1 is 0.845 bits per heavy atom. The Morgan fingerprint density at radius 3 is 2.09 bits per heavy atom. The maximum absolute atomic E-state index is 13.6. The Labute approximate surface area is 340 Å². The number of ether oxygens (including phenoxy) is 5. The number of rotatable bonds is 19. The lowest BCUT2D eigenvalue weighted by molar-refractivity contribution is -0.212. The fourth-order valence-corrected chi connectivity index (χ4v) is 8.49. The number of aliphatic hydroxyl groups is 2. The van der Waals surface area contributed by atoms with E-state index in [4.69, 9.17) is 29.4 Å². The van der Waals surface area contributed by atoms with E-state index in [-0.39, 0.29) is 42.7 Å². The highest BCUT2D eigenvalue weighted by Crippen LogP contribution is 2.57. The largest absolute Gasteiger partial charge is 0.459 e. The summed E-state index contributed by atoms with van der Waals surface area (Å²) in [5, 5.41) is 27.0. The first-order valence-corrected chi connectivity index (χ1v) is 20.6. The number of esters is 5. The first-order chi connectivity index (χ1) is 27.3. The molecule has 1 aromatic rings. The molecule has 0 aromatic heterocycles. The smallest absolute Gasteiger partial charge is 0.341 e. The Bertz CT molecular complexity index is 1740. The van der Waals surface area contributed by atoms with Gasteiger partial charge >= 0.3 is 29.8 Å². The van der Waals surface area contributed by atoms with Gasteiger partial charge in [0.25, 0.3) is 0 Å². The Balaban J connectivity index is 1.63. The minimum Gasteiger partial charge on any atom is -0.459 e. The van der Waals surface area contributed by atoms with Crippen molar-refractivity contribution in [1.82, 2.24) is 0 Å². The predicted molar refractivity (Wildman–Crippen MR) is 212 cm³/mol. The molecule has 1 heterocycles. The molecule has 1 aliphatic heterocycles. The third-order valence-electron chi connectivity index (χ3n) is 11.6. The first-order valence-electron chi connectivity index (χ1n) is 20.6. The van der Waals surface area contributed by atoms with Crippen LogP contribution in [0.3, 0.4) is 0 Å². The number of nitrogens with one attached hydrogen (secondary N) is 1. The summed E-state index contributed by atoms with van der Waals surface area (Å²) >= 11 is 0. The van der Waals surface area contributed by atoms with Crippen LogP contribution in [0, 0.1) is 12.8 Å². The van der Waals surface area contributed by atoms with Gasteiger partial charge in [0.05, 0.1) is 5.92 Å². The molecule has 1 saturated carbocycles. The standard InChI is InChI=1S/C43H62N2O13/c1-8-10-11-12-15-19-34(50)56-38-36-35(26(4)37(38)55-33(49)20-16-13-14-18-31(47)45-29-23-28(44)22-21-25(29)3)39-43(53,42(7,52)40(51)57-39)30(54-32(48)17-9-2)24-41(36,6)58-27(5)46/h21-23,30,36-39,52-53H,8-20,24,44H2,1-7H3,(H,45,47)/t30-,36+,37-,38-,39-,41-,42+,43+/m1/s1. The number of aryl methyl sites for hydroxylation is 1. The summed E-state index contributed by atoms with van der Waals surface area (Å²) in [5.74, 6) is -5.30. The molecular weight excluding hydrogens is 752 g/mol. The van der Waals surface area contributed by atoms with Gasteiger partial charge in [-0.25, -0.2) is 4.79 Å². The third kappa shape index (κ3) is 10.2. The number of hydrogen-bond donors (Lipinski definition) is 4. The van der Waals surface area contributed by atoms with Gasteiger partial charge in [-0.05, 0) is 82.2 Å². The van der Waals surface area contributed by atoms with Gasteiger partial charge in [-0.1, -0.05) is 52.0 Å². The van der Waals surface area contributed by atoms with Gasteiger partial charge in [0.15, 0.2) is 29.5 Å². The van der Waals surface area contributed by atoms with Crippen LogP contribution in [0.15, 0.2) is 29.3 Å². The molecule has 5 N–H and O–H groups in total. The van der Waals surface area contributed by atoms with Crippen molar-refractivity contribution in [3.8, 4) is 0 Å². The van der Waals surface area contributed by atoms with Crippen molar-refractivity contribution >= 4 is 47.1 Å². The Kier molecular flexibility index (Phi) is 15.5. The fraction of sp³-hybridized carbons (Fsp3) is 0.674. The van der Waals surface area contributed by atoms with Crippen LogP contribution in [0.1, 0.15) is 137 Å². The highest BCUT2D eigenvalue weighted by atomic mass is 16.6. The summed E-state index contributed by atoms with van der Waals surface area (Å²) in [6.45, 7) is 11.0. The van der Waals surface area contributed by atoms with Crippen molar-refractivity contribution in [2.45, 2.75) is 180 Å². The summed E-state index contributed by atoms with van der Waals surface area (Å²) in [5.41, 5.74) is 1.31. The van der Waals surface area contributed by atoms with E-state index in [9.17, 15) is 39.0 Å². The van der Waals surface area contributed by atoms with Crippen molar-refractivity contribution in [3.63, 3.8) is 0 Å². The Morgan fingerprint density at radius 2 is 1.45 bits per heavy atom. The lowest BCUT2D eigenvalue weighted by Gasteiger charge is -2.41. The zero-order valence-corrected chi connectivity index (χ0v) is 35.0. The van der Waals surface area contributed by atoms with E-state index in [2.05, 4.69) is 12.2 Å². The van der Waals surface area contributed by atoms with Gasteiger partial charge in [-0.2, -0.15) is 0 Å². The maximum atomic E-state index is 13.6. The molecule has 2 aliphatic carbocycles. The number of carbonyl (C=O) groups excluding carboxylic acids is 6. The molecule has 322 valence electrons.